The van der Waals surface area contributed by atoms with Gasteiger partial charge < -0.3 is 9.47 Å². The largest absolute Gasteiger partial charge is 0.493 e. The van der Waals surface area contributed by atoms with Gasteiger partial charge >= 0.3 is 0 Å². The summed E-state index contributed by atoms with van der Waals surface area (Å²) in [6, 6.07) is 3.77. The number of benzene rings is 1. The topological polar surface area (TPSA) is 18.5 Å². The Morgan fingerprint density at radius 1 is 1.19 bits per heavy atom. The Morgan fingerprint density at radius 3 is 2.31 bits per heavy atom. The minimum absolute atomic E-state index is 0.674. The lowest BCUT2D eigenvalue weighted by Crippen LogP contribution is -1.93. The molecule has 1 aliphatic carbocycles. The Morgan fingerprint density at radius 2 is 1.81 bits per heavy atom. The quantitative estimate of drug-likeness (QED) is 0.720. The van der Waals surface area contributed by atoms with E-state index in [1.165, 1.54) is 18.4 Å². The highest BCUT2D eigenvalue weighted by Crippen LogP contribution is 2.35. The molecule has 1 aromatic carbocycles. The molecule has 0 amide bonds. The first-order valence-corrected chi connectivity index (χ1v) is 5.20. The van der Waals surface area contributed by atoms with E-state index in [9.17, 15) is 0 Å². The number of ether oxygens (including phenoxy) is 2. The van der Waals surface area contributed by atoms with Crippen LogP contribution in [0.25, 0.3) is 6.08 Å². The first-order chi connectivity index (χ1) is 7.78. The van der Waals surface area contributed by atoms with Crippen molar-refractivity contribution in [2.75, 3.05) is 14.2 Å². The SMILES string of the molecule is C#Cc1cc(OC)c(OC)cc1C=C1CC1. The Hall–Kier alpha value is -1.88. The summed E-state index contributed by atoms with van der Waals surface area (Å²) in [6.45, 7) is 0. The average molecular weight is 214 g/mol. The third-order valence-corrected chi connectivity index (χ3v) is 2.61. The predicted octanol–water partition coefficient (Wildman–Crippen LogP) is 2.86. The van der Waals surface area contributed by atoms with Crippen LogP contribution in [0.5, 0.6) is 11.5 Å². The molecule has 1 aliphatic rings. The number of hydrogen-bond donors (Lipinski definition) is 0. The molecule has 0 heterocycles. The van der Waals surface area contributed by atoms with Crippen molar-refractivity contribution < 1.29 is 9.47 Å². The molecule has 1 fully saturated rings. The van der Waals surface area contributed by atoms with Crippen LogP contribution < -0.4 is 9.47 Å². The Kier molecular flexibility index (Phi) is 2.87. The number of rotatable bonds is 3. The molecule has 0 atom stereocenters. The molecule has 1 saturated carbocycles. The van der Waals surface area contributed by atoms with Crippen molar-refractivity contribution in [3.8, 4) is 23.8 Å². The summed E-state index contributed by atoms with van der Waals surface area (Å²) >= 11 is 0. The van der Waals surface area contributed by atoms with Gasteiger partial charge in [0.05, 0.1) is 14.2 Å². The maximum Gasteiger partial charge on any atom is 0.162 e. The fourth-order valence-corrected chi connectivity index (χ4v) is 1.58. The van der Waals surface area contributed by atoms with Crippen LogP contribution in [0.1, 0.15) is 24.0 Å². The second-order valence-corrected chi connectivity index (χ2v) is 3.74. The van der Waals surface area contributed by atoms with Crippen LogP contribution in [0.2, 0.25) is 0 Å². The zero-order chi connectivity index (χ0) is 11.5. The van der Waals surface area contributed by atoms with Crippen LogP contribution >= 0.6 is 0 Å². The molecule has 0 radical (unpaired) electrons. The highest BCUT2D eigenvalue weighted by atomic mass is 16.5. The van der Waals surface area contributed by atoms with E-state index in [-0.39, 0.29) is 0 Å². The molecule has 0 aliphatic heterocycles. The number of allylic oxidation sites excluding steroid dienone is 1. The molecular formula is C14H14O2. The number of methoxy groups -OCH3 is 2. The van der Waals surface area contributed by atoms with Gasteiger partial charge in [-0.1, -0.05) is 17.6 Å². The van der Waals surface area contributed by atoms with Crippen molar-refractivity contribution in [1.82, 2.24) is 0 Å². The average Bonchev–Trinajstić information content (AvgIpc) is 3.12. The summed E-state index contributed by atoms with van der Waals surface area (Å²) in [6.07, 6.45) is 9.98. The van der Waals surface area contributed by atoms with Crippen molar-refractivity contribution in [2.45, 2.75) is 12.8 Å². The Balaban J connectivity index is 2.50. The summed E-state index contributed by atoms with van der Waals surface area (Å²) in [7, 11) is 3.23. The van der Waals surface area contributed by atoms with E-state index in [0.29, 0.717) is 11.5 Å². The molecule has 0 aromatic heterocycles. The van der Waals surface area contributed by atoms with E-state index in [1.54, 1.807) is 14.2 Å². The van der Waals surface area contributed by atoms with Gasteiger partial charge in [0, 0.05) is 11.6 Å². The van der Waals surface area contributed by atoms with Crippen molar-refractivity contribution in [2.24, 2.45) is 0 Å². The van der Waals surface area contributed by atoms with Crippen LogP contribution in [0, 0.1) is 12.3 Å². The molecule has 2 rings (SSSR count). The minimum atomic E-state index is 0.674. The normalized spacial score (nSPS) is 12.9. The third kappa shape index (κ3) is 2.04. The van der Waals surface area contributed by atoms with Crippen LogP contribution in [0.15, 0.2) is 17.7 Å². The van der Waals surface area contributed by atoms with E-state index in [4.69, 9.17) is 15.9 Å². The zero-order valence-electron chi connectivity index (χ0n) is 9.54. The van der Waals surface area contributed by atoms with Crippen molar-refractivity contribution in [3.05, 3.63) is 28.8 Å². The fourth-order valence-electron chi connectivity index (χ4n) is 1.58. The summed E-state index contributed by atoms with van der Waals surface area (Å²) in [5.41, 5.74) is 3.31. The van der Waals surface area contributed by atoms with Gasteiger partial charge in [0.2, 0.25) is 0 Å². The maximum atomic E-state index is 5.49. The smallest absolute Gasteiger partial charge is 0.162 e. The van der Waals surface area contributed by atoms with Gasteiger partial charge in [-0.15, -0.1) is 6.42 Å². The summed E-state index contributed by atoms with van der Waals surface area (Å²) in [5, 5.41) is 0. The molecule has 16 heavy (non-hydrogen) atoms. The second kappa shape index (κ2) is 4.32. The third-order valence-electron chi connectivity index (χ3n) is 2.61. The summed E-state index contributed by atoms with van der Waals surface area (Å²) < 4.78 is 10.5. The van der Waals surface area contributed by atoms with Crippen molar-refractivity contribution >= 4 is 6.08 Å². The summed E-state index contributed by atoms with van der Waals surface area (Å²) in [5.74, 6) is 4.07. The Labute approximate surface area is 95.9 Å². The monoisotopic (exact) mass is 214 g/mol. The first kappa shape index (κ1) is 10.6. The summed E-state index contributed by atoms with van der Waals surface area (Å²) in [4.78, 5) is 0. The van der Waals surface area contributed by atoms with Gasteiger partial charge in [0.1, 0.15) is 0 Å². The standard InChI is InChI=1S/C14H14O2/c1-4-11-8-13(15-2)14(16-3)9-12(11)7-10-5-6-10/h1,7-9H,5-6H2,2-3H3. The molecule has 0 bridgehead atoms. The predicted molar refractivity (Wildman–Crippen MR) is 64.7 cm³/mol. The van der Waals surface area contributed by atoms with E-state index in [1.807, 2.05) is 12.1 Å². The fraction of sp³-hybridized carbons (Fsp3) is 0.286. The lowest BCUT2D eigenvalue weighted by atomic mass is 10.1. The molecule has 0 unspecified atom stereocenters. The van der Waals surface area contributed by atoms with Gasteiger partial charge in [0.15, 0.2) is 11.5 Å². The van der Waals surface area contributed by atoms with Crippen LogP contribution in [0.3, 0.4) is 0 Å². The maximum absolute atomic E-state index is 5.49. The van der Waals surface area contributed by atoms with Crippen molar-refractivity contribution in [1.29, 1.82) is 0 Å². The van der Waals surface area contributed by atoms with Gasteiger partial charge in [-0.2, -0.15) is 0 Å². The molecule has 0 N–H and O–H groups in total. The zero-order valence-corrected chi connectivity index (χ0v) is 9.54. The lowest BCUT2D eigenvalue weighted by Gasteiger charge is -2.10. The van der Waals surface area contributed by atoms with Crippen molar-refractivity contribution in [3.63, 3.8) is 0 Å². The number of terminal acetylenes is 1. The van der Waals surface area contributed by atoms with E-state index >= 15 is 0 Å². The minimum Gasteiger partial charge on any atom is -0.493 e. The molecule has 0 saturated heterocycles. The van der Waals surface area contributed by atoms with Crippen LogP contribution in [-0.2, 0) is 0 Å². The van der Waals surface area contributed by atoms with Gasteiger partial charge in [-0.3, -0.25) is 0 Å². The van der Waals surface area contributed by atoms with Crippen LogP contribution in [0.4, 0.5) is 0 Å². The van der Waals surface area contributed by atoms with E-state index in [2.05, 4.69) is 12.0 Å². The number of hydrogen-bond acceptors (Lipinski definition) is 2. The van der Waals surface area contributed by atoms with Gasteiger partial charge in [-0.25, -0.2) is 0 Å². The molecule has 2 nitrogen and oxygen atoms in total. The lowest BCUT2D eigenvalue weighted by molar-refractivity contribution is 0.355. The second-order valence-electron chi connectivity index (χ2n) is 3.74. The highest BCUT2D eigenvalue weighted by Gasteiger charge is 2.14. The van der Waals surface area contributed by atoms with E-state index < -0.39 is 0 Å². The molecular weight excluding hydrogens is 200 g/mol. The van der Waals surface area contributed by atoms with Gasteiger partial charge in [-0.05, 0) is 24.5 Å². The first-order valence-electron chi connectivity index (χ1n) is 5.20. The van der Waals surface area contributed by atoms with E-state index in [0.717, 1.165) is 11.1 Å². The molecule has 2 heteroatoms. The van der Waals surface area contributed by atoms with Crippen LogP contribution in [-0.4, -0.2) is 14.2 Å². The Bertz CT molecular complexity index is 472. The molecule has 82 valence electrons. The molecule has 1 aromatic rings. The molecule has 0 spiro atoms. The highest BCUT2D eigenvalue weighted by molar-refractivity contribution is 5.67. The van der Waals surface area contributed by atoms with Gasteiger partial charge in [0.25, 0.3) is 0 Å².